The minimum atomic E-state index is 0.0173. The highest BCUT2D eigenvalue weighted by atomic mass is 16.1. The molecule has 0 aromatic heterocycles. The molecule has 2 atom stereocenters. The molecule has 0 bridgehead atoms. The zero-order valence-corrected chi connectivity index (χ0v) is 11.4. The van der Waals surface area contributed by atoms with Gasteiger partial charge in [-0.25, -0.2) is 4.99 Å². The molecular formula is C13H23N3O. The van der Waals surface area contributed by atoms with Gasteiger partial charge < -0.3 is 0 Å². The predicted octanol–water partition coefficient (Wildman–Crippen LogP) is 1.93. The van der Waals surface area contributed by atoms with Gasteiger partial charge in [0.05, 0.1) is 0 Å². The van der Waals surface area contributed by atoms with E-state index in [1.54, 1.807) is 13.3 Å². The SMILES string of the molecule is CC(=O)CC(C1C=NC=N1)N(C(C)C)C(C)C. The van der Waals surface area contributed by atoms with Crippen molar-refractivity contribution in [2.75, 3.05) is 0 Å². The number of aliphatic imine (C=N–C) groups is 2. The Labute approximate surface area is 104 Å². The van der Waals surface area contributed by atoms with E-state index in [2.05, 4.69) is 42.6 Å². The lowest BCUT2D eigenvalue weighted by atomic mass is 9.99. The van der Waals surface area contributed by atoms with Crippen LogP contribution in [0.1, 0.15) is 41.0 Å². The molecule has 1 aliphatic rings. The molecular weight excluding hydrogens is 214 g/mol. The van der Waals surface area contributed by atoms with Gasteiger partial charge in [0.1, 0.15) is 18.2 Å². The van der Waals surface area contributed by atoms with Gasteiger partial charge in [-0.15, -0.1) is 0 Å². The molecule has 2 unspecified atom stereocenters. The van der Waals surface area contributed by atoms with Crippen LogP contribution in [-0.4, -0.2) is 47.4 Å². The average molecular weight is 237 g/mol. The van der Waals surface area contributed by atoms with Crippen molar-refractivity contribution in [1.29, 1.82) is 0 Å². The van der Waals surface area contributed by atoms with E-state index in [4.69, 9.17) is 0 Å². The quantitative estimate of drug-likeness (QED) is 0.708. The summed E-state index contributed by atoms with van der Waals surface area (Å²) in [5, 5.41) is 0. The molecule has 96 valence electrons. The largest absolute Gasteiger partial charge is 0.300 e. The van der Waals surface area contributed by atoms with Gasteiger partial charge in [0.15, 0.2) is 0 Å². The minimum Gasteiger partial charge on any atom is -0.300 e. The lowest BCUT2D eigenvalue weighted by Crippen LogP contribution is -2.51. The fourth-order valence-corrected chi connectivity index (χ4v) is 2.54. The lowest BCUT2D eigenvalue weighted by Gasteiger charge is -2.39. The molecule has 0 radical (unpaired) electrons. The summed E-state index contributed by atoms with van der Waals surface area (Å²) in [6, 6.07) is 0.922. The predicted molar refractivity (Wildman–Crippen MR) is 72.0 cm³/mol. The first kappa shape index (κ1) is 14.0. The van der Waals surface area contributed by atoms with E-state index in [0.717, 1.165) is 0 Å². The van der Waals surface area contributed by atoms with Gasteiger partial charge in [-0.2, -0.15) is 0 Å². The third-order valence-electron chi connectivity index (χ3n) is 3.01. The fourth-order valence-electron chi connectivity index (χ4n) is 2.54. The van der Waals surface area contributed by atoms with Crippen LogP contribution in [0.2, 0.25) is 0 Å². The van der Waals surface area contributed by atoms with Crippen molar-refractivity contribution >= 4 is 18.3 Å². The summed E-state index contributed by atoms with van der Waals surface area (Å²) in [6.07, 6.45) is 3.95. The summed E-state index contributed by atoms with van der Waals surface area (Å²) in [5.74, 6) is 0.205. The molecule has 0 aromatic carbocycles. The van der Waals surface area contributed by atoms with Gasteiger partial charge in [-0.1, -0.05) is 0 Å². The number of ketones is 1. The Hall–Kier alpha value is -1.03. The van der Waals surface area contributed by atoms with E-state index in [1.807, 2.05) is 6.21 Å². The fraction of sp³-hybridized carbons (Fsp3) is 0.769. The smallest absolute Gasteiger partial charge is 0.131 e. The second kappa shape index (κ2) is 6.05. The van der Waals surface area contributed by atoms with E-state index >= 15 is 0 Å². The maximum Gasteiger partial charge on any atom is 0.131 e. The van der Waals surface area contributed by atoms with E-state index in [1.165, 1.54) is 0 Å². The molecule has 4 heteroatoms. The summed E-state index contributed by atoms with van der Waals surface area (Å²) in [5.41, 5.74) is 0. The van der Waals surface area contributed by atoms with Crippen LogP contribution in [-0.2, 0) is 4.79 Å². The summed E-state index contributed by atoms with van der Waals surface area (Å²) in [7, 11) is 0. The van der Waals surface area contributed by atoms with Crippen molar-refractivity contribution in [1.82, 2.24) is 4.90 Å². The van der Waals surface area contributed by atoms with Gasteiger partial charge in [-0.3, -0.25) is 14.7 Å². The summed E-state index contributed by atoms with van der Waals surface area (Å²) >= 11 is 0. The van der Waals surface area contributed by atoms with E-state index in [9.17, 15) is 4.79 Å². The van der Waals surface area contributed by atoms with Crippen LogP contribution in [0.4, 0.5) is 0 Å². The number of rotatable bonds is 6. The minimum absolute atomic E-state index is 0.0173. The zero-order valence-electron chi connectivity index (χ0n) is 11.4. The Morgan fingerprint density at radius 1 is 1.29 bits per heavy atom. The van der Waals surface area contributed by atoms with Gasteiger partial charge >= 0.3 is 0 Å². The standard InChI is InChI=1S/C13H23N3O/c1-9(2)16(10(3)4)13(6-11(5)17)12-7-14-8-15-12/h7-10,12-13H,6H2,1-5H3. The van der Waals surface area contributed by atoms with Gasteiger partial charge in [0.25, 0.3) is 0 Å². The maximum atomic E-state index is 11.4. The Morgan fingerprint density at radius 2 is 1.88 bits per heavy atom. The average Bonchev–Trinajstić information content (AvgIpc) is 2.66. The first-order chi connectivity index (χ1) is 7.93. The molecule has 17 heavy (non-hydrogen) atoms. The third-order valence-corrected chi connectivity index (χ3v) is 3.01. The molecule has 1 aliphatic heterocycles. The summed E-state index contributed by atoms with van der Waals surface area (Å²) in [6.45, 7) is 10.3. The first-order valence-electron chi connectivity index (χ1n) is 6.25. The second-order valence-corrected chi connectivity index (χ2v) is 5.16. The van der Waals surface area contributed by atoms with Gasteiger partial charge in [0, 0.05) is 30.8 Å². The van der Waals surface area contributed by atoms with Crippen molar-refractivity contribution in [2.45, 2.75) is 65.2 Å². The number of hydrogen-bond acceptors (Lipinski definition) is 4. The molecule has 0 spiro atoms. The summed E-state index contributed by atoms with van der Waals surface area (Å²) < 4.78 is 0. The second-order valence-electron chi connectivity index (χ2n) is 5.16. The highest BCUT2D eigenvalue weighted by molar-refractivity contribution is 5.84. The molecule has 4 nitrogen and oxygen atoms in total. The van der Waals surface area contributed by atoms with Crippen LogP contribution in [0.25, 0.3) is 0 Å². The molecule has 0 aliphatic carbocycles. The lowest BCUT2D eigenvalue weighted by molar-refractivity contribution is -0.118. The van der Waals surface area contributed by atoms with Crippen molar-refractivity contribution in [3.05, 3.63) is 0 Å². The molecule has 0 amide bonds. The molecule has 1 rings (SSSR count). The van der Waals surface area contributed by atoms with Gasteiger partial charge in [-0.05, 0) is 34.6 Å². The number of carbonyl (C=O) groups is 1. The van der Waals surface area contributed by atoms with E-state index < -0.39 is 0 Å². The van der Waals surface area contributed by atoms with Crippen LogP contribution < -0.4 is 0 Å². The molecule has 0 N–H and O–H groups in total. The van der Waals surface area contributed by atoms with Crippen molar-refractivity contribution in [3.63, 3.8) is 0 Å². The monoisotopic (exact) mass is 237 g/mol. The van der Waals surface area contributed by atoms with E-state index in [0.29, 0.717) is 18.5 Å². The Bertz CT molecular complexity index is 301. The molecule has 0 aromatic rings. The topological polar surface area (TPSA) is 45.0 Å². The summed E-state index contributed by atoms with van der Waals surface area (Å²) in [4.78, 5) is 22.2. The first-order valence-corrected chi connectivity index (χ1v) is 6.25. The number of nitrogens with zero attached hydrogens (tertiary/aromatic N) is 3. The van der Waals surface area contributed by atoms with Gasteiger partial charge in [0.2, 0.25) is 0 Å². The van der Waals surface area contributed by atoms with Crippen LogP contribution in [0.3, 0.4) is 0 Å². The Kier molecular flexibility index (Phi) is 5.00. The van der Waals surface area contributed by atoms with E-state index in [-0.39, 0.29) is 17.9 Å². The van der Waals surface area contributed by atoms with Crippen molar-refractivity contribution < 1.29 is 4.79 Å². The highest BCUT2D eigenvalue weighted by Gasteiger charge is 2.31. The van der Waals surface area contributed by atoms with Crippen LogP contribution in [0, 0.1) is 0 Å². The third kappa shape index (κ3) is 3.73. The zero-order chi connectivity index (χ0) is 13.0. The number of Topliss-reactive ketones (excluding diaryl/α,β-unsaturated/α-hetero) is 1. The van der Waals surface area contributed by atoms with Crippen molar-refractivity contribution in [3.8, 4) is 0 Å². The Balaban J connectivity index is 2.90. The normalized spacial score (nSPS) is 20.8. The maximum absolute atomic E-state index is 11.4. The number of carbonyl (C=O) groups excluding carboxylic acids is 1. The molecule has 0 fully saturated rings. The van der Waals surface area contributed by atoms with Crippen molar-refractivity contribution in [2.24, 2.45) is 9.98 Å². The van der Waals surface area contributed by atoms with Crippen LogP contribution in [0.5, 0.6) is 0 Å². The Morgan fingerprint density at radius 3 is 2.24 bits per heavy atom. The molecule has 1 heterocycles. The highest BCUT2D eigenvalue weighted by Crippen LogP contribution is 2.19. The molecule has 0 saturated heterocycles. The number of hydrogen-bond donors (Lipinski definition) is 0. The van der Waals surface area contributed by atoms with Crippen LogP contribution >= 0.6 is 0 Å². The van der Waals surface area contributed by atoms with Crippen LogP contribution in [0.15, 0.2) is 9.98 Å². The molecule has 0 saturated carbocycles.